The number of nitrogens with zero attached hydrogens (tertiary/aromatic N) is 2. The molecule has 23 heavy (non-hydrogen) atoms. The van der Waals surface area contributed by atoms with Crippen LogP contribution in [-0.2, 0) is 6.54 Å². The van der Waals surface area contributed by atoms with Gasteiger partial charge < -0.3 is 10.0 Å². The molecule has 1 aliphatic heterocycles. The molecule has 2 aromatic carbocycles. The number of hydrogen-bond donors (Lipinski definition) is 2. The Morgan fingerprint density at radius 1 is 1.13 bits per heavy atom. The molecule has 2 N–H and O–H groups in total. The van der Waals surface area contributed by atoms with Crippen LogP contribution in [0.25, 0.3) is 0 Å². The average Bonchev–Trinajstić information content (AvgIpc) is 2.56. The van der Waals surface area contributed by atoms with E-state index in [0.717, 1.165) is 43.3 Å². The maximum Gasteiger partial charge on any atom is 0.116 e. The summed E-state index contributed by atoms with van der Waals surface area (Å²) >= 11 is 6.23. The van der Waals surface area contributed by atoms with Crippen LogP contribution in [0.15, 0.2) is 53.6 Å². The Labute approximate surface area is 141 Å². The molecule has 0 bridgehead atoms. The first-order chi connectivity index (χ1) is 11.2. The zero-order chi connectivity index (χ0) is 16.1. The highest BCUT2D eigenvalue weighted by Crippen LogP contribution is 2.13. The first-order valence-corrected chi connectivity index (χ1v) is 8.23. The normalized spacial score (nSPS) is 16.1. The number of hydrazone groups is 1. The number of rotatable bonds is 4. The molecule has 1 heterocycles. The van der Waals surface area contributed by atoms with Gasteiger partial charge in [0, 0.05) is 10.6 Å². The number of halogens is 1. The molecule has 0 atom stereocenters. The van der Waals surface area contributed by atoms with E-state index >= 15 is 0 Å². The first kappa shape index (κ1) is 15.8. The van der Waals surface area contributed by atoms with E-state index in [-0.39, 0.29) is 5.75 Å². The Hall–Kier alpha value is -2.04. The molecule has 0 aromatic heterocycles. The zero-order valence-electron chi connectivity index (χ0n) is 13.0. The third-order valence-corrected chi connectivity index (χ3v) is 4.45. The molecule has 1 saturated heterocycles. The van der Waals surface area contributed by atoms with Crippen molar-refractivity contribution >= 4 is 17.8 Å². The van der Waals surface area contributed by atoms with Crippen LogP contribution in [0, 0.1) is 0 Å². The van der Waals surface area contributed by atoms with Crippen LogP contribution in [0.3, 0.4) is 0 Å². The molecule has 1 aliphatic rings. The van der Waals surface area contributed by atoms with Gasteiger partial charge in [0.2, 0.25) is 0 Å². The Bertz CT molecular complexity index is 681. The number of phenols is 1. The van der Waals surface area contributed by atoms with Crippen molar-refractivity contribution in [3.8, 4) is 5.75 Å². The van der Waals surface area contributed by atoms with Crippen LogP contribution in [-0.4, -0.2) is 42.5 Å². The SMILES string of the molecule is Oc1cccc(/C=N/N2CC[NH+](Cc3ccccc3Cl)CC2)c1. The molecule has 0 aliphatic carbocycles. The lowest BCUT2D eigenvalue weighted by Gasteiger charge is -2.30. The lowest BCUT2D eigenvalue weighted by atomic mass is 10.2. The van der Waals surface area contributed by atoms with Crippen molar-refractivity contribution in [1.82, 2.24) is 5.01 Å². The Morgan fingerprint density at radius 2 is 1.91 bits per heavy atom. The minimum absolute atomic E-state index is 0.267. The van der Waals surface area contributed by atoms with Gasteiger partial charge >= 0.3 is 0 Å². The van der Waals surface area contributed by atoms with Crippen LogP contribution >= 0.6 is 11.6 Å². The fourth-order valence-corrected chi connectivity index (χ4v) is 2.97. The smallest absolute Gasteiger partial charge is 0.116 e. The summed E-state index contributed by atoms with van der Waals surface area (Å²) < 4.78 is 0. The molecule has 3 rings (SSSR count). The highest BCUT2D eigenvalue weighted by Gasteiger charge is 2.19. The van der Waals surface area contributed by atoms with Crippen molar-refractivity contribution in [2.45, 2.75) is 6.54 Å². The van der Waals surface area contributed by atoms with Gasteiger partial charge in [-0.1, -0.05) is 41.9 Å². The van der Waals surface area contributed by atoms with E-state index in [1.807, 2.05) is 30.3 Å². The average molecular weight is 331 g/mol. The Kier molecular flexibility index (Phi) is 5.16. The van der Waals surface area contributed by atoms with Crippen molar-refractivity contribution in [2.24, 2.45) is 5.10 Å². The molecule has 0 spiro atoms. The van der Waals surface area contributed by atoms with Crippen molar-refractivity contribution in [3.05, 3.63) is 64.7 Å². The molecule has 120 valence electrons. The molecular weight excluding hydrogens is 310 g/mol. The van der Waals surface area contributed by atoms with Crippen molar-refractivity contribution in [2.75, 3.05) is 26.2 Å². The summed E-state index contributed by atoms with van der Waals surface area (Å²) in [6.45, 7) is 4.90. The van der Waals surface area contributed by atoms with E-state index < -0.39 is 0 Å². The highest BCUT2D eigenvalue weighted by atomic mass is 35.5. The van der Waals surface area contributed by atoms with Gasteiger partial charge in [0.15, 0.2) is 0 Å². The minimum atomic E-state index is 0.267. The van der Waals surface area contributed by atoms with Gasteiger partial charge in [-0.05, 0) is 23.8 Å². The number of aromatic hydroxyl groups is 1. The number of piperazine rings is 1. The van der Waals surface area contributed by atoms with Gasteiger partial charge in [-0.3, -0.25) is 5.01 Å². The second-order valence-electron chi connectivity index (χ2n) is 5.81. The van der Waals surface area contributed by atoms with E-state index in [1.165, 1.54) is 10.5 Å². The standard InChI is InChI=1S/C18H20ClN3O/c19-18-7-2-1-5-16(18)14-21-8-10-22(11-9-21)20-13-15-4-3-6-17(23)12-15/h1-7,12-13,23H,8-11,14H2/p+1/b20-13+. The van der Waals surface area contributed by atoms with E-state index in [2.05, 4.69) is 16.2 Å². The van der Waals surface area contributed by atoms with E-state index in [4.69, 9.17) is 11.6 Å². The molecule has 0 saturated carbocycles. The zero-order valence-corrected chi connectivity index (χ0v) is 13.7. The third-order valence-electron chi connectivity index (χ3n) is 4.09. The molecule has 5 heteroatoms. The fourth-order valence-electron chi connectivity index (χ4n) is 2.77. The summed E-state index contributed by atoms with van der Waals surface area (Å²) in [6, 6.07) is 15.2. The molecular formula is C18H21ClN3O+. The quantitative estimate of drug-likeness (QED) is 0.839. The van der Waals surface area contributed by atoms with E-state index in [9.17, 15) is 5.11 Å². The summed E-state index contributed by atoms with van der Waals surface area (Å²) in [4.78, 5) is 1.53. The molecule has 0 radical (unpaired) electrons. The summed E-state index contributed by atoms with van der Waals surface area (Å²) in [7, 11) is 0. The minimum Gasteiger partial charge on any atom is -0.508 e. The third kappa shape index (κ3) is 4.47. The predicted octanol–water partition coefficient (Wildman–Crippen LogP) is 1.78. The van der Waals surface area contributed by atoms with Crippen LogP contribution in [0.2, 0.25) is 5.02 Å². The van der Waals surface area contributed by atoms with Gasteiger partial charge in [0.05, 0.1) is 32.4 Å². The number of hydrogen-bond acceptors (Lipinski definition) is 3. The maximum absolute atomic E-state index is 9.46. The summed E-state index contributed by atoms with van der Waals surface area (Å²) in [5, 5.41) is 16.9. The topological polar surface area (TPSA) is 40.3 Å². The summed E-state index contributed by atoms with van der Waals surface area (Å²) in [6.07, 6.45) is 1.80. The monoisotopic (exact) mass is 330 g/mol. The molecule has 0 amide bonds. The van der Waals surface area contributed by atoms with Crippen molar-refractivity contribution in [1.29, 1.82) is 0 Å². The highest BCUT2D eigenvalue weighted by molar-refractivity contribution is 6.31. The maximum atomic E-state index is 9.46. The number of benzene rings is 2. The second-order valence-corrected chi connectivity index (χ2v) is 6.22. The van der Waals surface area contributed by atoms with E-state index in [0.29, 0.717) is 0 Å². The Morgan fingerprint density at radius 3 is 2.65 bits per heavy atom. The lowest BCUT2D eigenvalue weighted by Crippen LogP contribution is -3.13. The van der Waals surface area contributed by atoms with Crippen LogP contribution in [0.5, 0.6) is 5.75 Å². The molecule has 2 aromatic rings. The summed E-state index contributed by atoms with van der Waals surface area (Å²) in [5.74, 6) is 0.267. The second kappa shape index (κ2) is 7.49. The number of quaternary nitrogens is 1. The fraction of sp³-hybridized carbons (Fsp3) is 0.278. The van der Waals surface area contributed by atoms with E-state index in [1.54, 1.807) is 18.3 Å². The predicted molar refractivity (Wildman–Crippen MR) is 93.1 cm³/mol. The molecule has 1 fully saturated rings. The van der Waals surface area contributed by atoms with Gasteiger partial charge in [-0.15, -0.1) is 0 Å². The van der Waals surface area contributed by atoms with Gasteiger partial charge in [0.1, 0.15) is 12.3 Å². The number of phenolic OH excluding ortho intramolecular Hbond substituents is 1. The van der Waals surface area contributed by atoms with Crippen molar-refractivity contribution < 1.29 is 10.0 Å². The Balaban J connectivity index is 1.51. The van der Waals surface area contributed by atoms with Crippen LogP contribution < -0.4 is 4.90 Å². The number of nitrogens with one attached hydrogen (secondary N) is 1. The first-order valence-electron chi connectivity index (χ1n) is 7.85. The molecule has 4 nitrogen and oxygen atoms in total. The van der Waals surface area contributed by atoms with Gasteiger partial charge in [-0.2, -0.15) is 5.10 Å². The van der Waals surface area contributed by atoms with Gasteiger partial charge in [0.25, 0.3) is 0 Å². The largest absolute Gasteiger partial charge is 0.508 e. The van der Waals surface area contributed by atoms with Crippen LogP contribution in [0.4, 0.5) is 0 Å². The summed E-state index contributed by atoms with van der Waals surface area (Å²) in [5.41, 5.74) is 2.12. The van der Waals surface area contributed by atoms with Gasteiger partial charge in [-0.25, -0.2) is 0 Å². The van der Waals surface area contributed by atoms with Crippen LogP contribution in [0.1, 0.15) is 11.1 Å². The molecule has 0 unspecified atom stereocenters. The van der Waals surface area contributed by atoms with Crippen molar-refractivity contribution in [3.63, 3.8) is 0 Å². The lowest BCUT2D eigenvalue weighted by molar-refractivity contribution is -0.918.